The first kappa shape index (κ1) is 31.0. The van der Waals surface area contributed by atoms with E-state index in [2.05, 4.69) is 45.9 Å². The van der Waals surface area contributed by atoms with Crippen LogP contribution in [0.2, 0.25) is 0 Å². The van der Waals surface area contributed by atoms with Gasteiger partial charge in [-0.1, -0.05) is 137 Å². The van der Waals surface area contributed by atoms with E-state index in [0.717, 1.165) is 12.0 Å². The zero-order valence-corrected chi connectivity index (χ0v) is 22.7. The highest BCUT2D eigenvalue weighted by atomic mass is 15.1. The lowest BCUT2D eigenvalue weighted by Crippen LogP contribution is -2.35. The molecule has 0 N–H and O–H groups in total. The Kier molecular flexibility index (Phi) is 24.6. The van der Waals surface area contributed by atoms with Gasteiger partial charge in [0.05, 0.1) is 0 Å². The number of unbranched alkanes of at least 4 members (excludes halogenated alkanes) is 13. The van der Waals surface area contributed by atoms with Gasteiger partial charge in [-0.2, -0.15) is 0 Å². The van der Waals surface area contributed by atoms with E-state index in [4.69, 9.17) is 0 Å². The summed E-state index contributed by atoms with van der Waals surface area (Å²) in [6, 6.07) is 0.722. The molecule has 0 aliphatic rings. The SMILES string of the molecule is CCCCCCCCCCCC([CH]CC(C)N(CCCC)CCCC)CCCCCC. The molecule has 0 spiro atoms. The van der Waals surface area contributed by atoms with Crippen LogP contribution in [0.15, 0.2) is 0 Å². The van der Waals surface area contributed by atoms with Crippen LogP contribution in [0, 0.1) is 12.3 Å². The molecule has 0 heterocycles. The molecule has 0 aromatic rings. The van der Waals surface area contributed by atoms with Gasteiger partial charge < -0.3 is 4.90 Å². The first-order valence-electron chi connectivity index (χ1n) is 14.8. The maximum atomic E-state index is 2.77. The first-order valence-corrected chi connectivity index (χ1v) is 14.8. The lowest BCUT2D eigenvalue weighted by molar-refractivity contribution is 0.196. The van der Waals surface area contributed by atoms with Crippen molar-refractivity contribution in [3.8, 4) is 0 Å². The van der Waals surface area contributed by atoms with Crippen LogP contribution in [-0.4, -0.2) is 24.0 Å². The van der Waals surface area contributed by atoms with E-state index in [9.17, 15) is 0 Å². The predicted octanol–water partition coefficient (Wildman–Crippen LogP) is 10.4. The first-order chi connectivity index (χ1) is 15.2. The second kappa shape index (κ2) is 24.6. The summed E-state index contributed by atoms with van der Waals surface area (Å²) in [5, 5.41) is 0. The molecule has 0 fully saturated rings. The average Bonchev–Trinajstić information content (AvgIpc) is 2.78. The summed E-state index contributed by atoms with van der Waals surface area (Å²) >= 11 is 0. The Morgan fingerprint density at radius 2 is 0.903 bits per heavy atom. The third kappa shape index (κ3) is 20.3. The van der Waals surface area contributed by atoms with Crippen molar-refractivity contribution >= 4 is 0 Å². The van der Waals surface area contributed by atoms with Gasteiger partial charge in [0.25, 0.3) is 0 Å². The van der Waals surface area contributed by atoms with Crippen molar-refractivity contribution in [2.24, 2.45) is 5.92 Å². The third-order valence-electron chi connectivity index (χ3n) is 7.14. The molecule has 1 radical (unpaired) electrons. The van der Waals surface area contributed by atoms with E-state index in [1.54, 1.807) is 0 Å². The zero-order chi connectivity index (χ0) is 23.0. The summed E-state index contributed by atoms with van der Waals surface area (Å²) in [6.07, 6.45) is 30.9. The average molecular weight is 437 g/mol. The highest BCUT2D eigenvalue weighted by molar-refractivity contribution is 4.82. The smallest absolute Gasteiger partial charge is 0.00697 e. The molecule has 0 saturated heterocycles. The molecule has 2 unspecified atom stereocenters. The molecule has 0 aromatic heterocycles. The van der Waals surface area contributed by atoms with Gasteiger partial charge >= 0.3 is 0 Å². The minimum absolute atomic E-state index is 0.722. The van der Waals surface area contributed by atoms with Gasteiger partial charge in [0.1, 0.15) is 0 Å². The van der Waals surface area contributed by atoms with E-state index in [1.165, 1.54) is 142 Å². The Morgan fingerprint density at radius 3 is 1.35 bits per heavy atom. The summed E-state index contributed by atoms with van der Waals surface area (Å²) < 4.78 is 0. The Bertz CT molecular complexity index is 318. The van der Waals surface area contributed by atoms with E-state index >= 15 is 0 Å². The van der Waals surface area contributed by atoms with Gasteiger partial charge in [-0.3, -0.25) is 0 Å². The Hall–Kier alpha value is -0.0400. The highest BCUT2D eigenvalue weighted by Gasteiger charge is 2.16. The van der Waals surface area contributed by atoms with Crippen molar-refractivity contribution in [3.63, 3.8) is 0 Å². The van der Waals surface area contributed by atoms with Crippen LogP contribution in [0.4, 0.5) is 0 Å². The van der Waals surface area contributed by atoms with Crippen molar-refractivity contribution < 1.29 is 0 Å². The molecule has 0 aliphatic heterocycles. The van der Waals surface area contributed by atoms with Gasteiger partial charge in [-0.25, -0.2) is 0 Å². The summed E-state index contributed by atoms with van der Waals surface area (Å²) in [4.78, 5) is 2.77. The van der Waals surface area contributed by atoms with Gasteiger partial charge in [-0.15, -0.1) is 0 Å². The normalized spacial score (nSPS) is 13.7. The van der Waals surface area contributed by atoms with Crippen molar-refractivity contribution in [2.45, 2.75) is 169 Å². The van der Waals surface area contributed by atoms with Crippen molar-refractivity contribution in [1.29, 1.82) is 0 Å². The molecule has 2 atom stereocenters. The summed E-state index contributed by atoms with van der Waals surface area (Å²) in [5.41, 5.74) is 0. The van der Waals surface area contributed by atoms with Crippen molar-refractivity contribution in [1.82, 2.24) is 4.90 Å². The summed E-state index contributed by atoms with van der Waals surface area (Å²) in [6.45, 7) is 14.4. The quantitative estimate of drug-likeness (QED) is 0.129. The van der Waals surface area contributed by atoms with E-state index < -0.39 is 0 Å². The lowest BCUT2D eigenvalue weighted by atomic mass is 9.89. The minimum Gasteiger partial charge on any atom is -0.301 e. The maximum Gasteiger partial charge on any atom is 0.00697 e. The van der Waals surface area contributed by atoms with Crippen LogP contribution in [0.3, 0.4) is 0 Å². The zero-order valence-electron chi connectivity index (χ0n) is 22.7. The van der Waals surface area contributed by atoms with Gasteiger partial charge in [-0.05, 0) is 51.6 Å². The number of hydrogen-bond donors (Lipinski definition) is 0. The van der Waals surface area contributed by atoms with Crippen LogP contribution >= 0.6 is 0 Å². The topological polar surface area (TPSA) is 3.24 Å². The molecule has 0 aliphatic carbocycles. The number of nitrogens with zero attached hydrogens (tertiary/aromatic N) is 1. The predicted molar refractivity (Wildman–Crippen MR) is 144 cm³/mol. The molecule has 1 heteroatoms. The Morgan fingerprint density at radius 1 is 0.516 bits per heavy atom. The highest BCUT2D eigenvalue weighted by Crippen LogP contribution is 2.24. The molecule has 187 valence electrons. The van der Waals surface area contributed by atoms with Gasteiger partial charge in [0, 0.05) is 6.04 Å². The maximum absolute atomic E-state index is 2.77. The van der Waals surface area contributed by atoms with Gasteiger partial charge in [0.2, 0.25) is 0 Å². The molecule has 0 aromatic carbocycles. The van der Waals surface area contributed by atoms with Crippen LogP contribution in [0.1, 0.15) is 163 Å². The fourth-order valence-corrected chi connectivity index (χ4v) is 4.74. The molecular formula is C30H62N. The molecule has 31 heavy (non-hydrogen) atoms. The van der Waals surface area contributed by atoms with Crippen LogP contribution in [0.25, 0.3) is 0 Å². The summed E-state index contributed by atoms with van der Waals surface area (Å²) in [5.74, 6) is 0.864. The van der Waals surface area contributed by atoms with E-state index in [-0.39, 0.29) is 0 Å². The Labute approximate surface area is 199 Å². The van der Waals surface area contributed by atoms with E-state index in [1.807, 2.05) is 0 Å². The standard InChI is InChI=1S/C30H62N/c1-6-10-14-16-17-18-19-20-22-24-30(23-21-15-11-7-2)26-25-29(5)31(27-12-8-3)28-13-9-4/h26,29-30H,6-25,27-28H2,1-5H3. The number of hydrogen-bond acceptors (Lipinski definition) is 1. The fraction of sp³-hybridized carbons (Fsp3) is 0.967. The van der Waals surface area contributed by atoms with Crippen molar-refractivity contribution in [3.05, 3.63) is 6.42 Å². The molecule has 0 bridgehead atoms. The second-order valence-electron chi connectivity index (χ2n) is 10.3. The molecule has 0 saturated carbocycles. The fourth-order valence-electron chi connectivity index (χ4n) is 4.74. The van der Waals surface area contributed by atoms with Crippen LogP contribution in [-0.2, 0) is 0 Å². The van der Waals surface area contributed by atoms with Gasteiger partial charge in [0.15, 0.2) is 0 Å². The monoisotopic (exact) mass is 436 g/mol. The number of rotatable bonds is 25. The largest absolute Gasteiger partial charge is 0.301 e. The Balaban J connectivity index is 4.25. The van der Waals surface area contributed by atoms with Crippen LogP contribution in [0.5, 0.6) is 0 Å². The molecular weight excluding hydrogens is 374 g/mol. The molecule has 0 amide bonds. The second-order valence-corrected chi connectivity index (χ2v) is 10.3. The molecule has 0 rings (SSSR count). The summed E-state index contributed by atoms with van der Waals surface area (Å²) in [7, 11) is 0. The minimum atomic E-state index is 0.722. The third-order valence-corrected chi connectivity index (χ3v) is 7.14. The van der Waals surface area contributed by atoms with Crippen molar-refractivity contribution in [2.75, 3.05) is 13.1 Å². The van der Waals surface area contributed by atoms with E-state index in [0.29, 0.717) is 0 Å². The van der Waals surface area contributed by atoms with Crippen LogP contribution < -0.4 is 0 Å². The lowest BCUT2D eigenvalue weighted by Gasteiger charge is -2.30. The molecule has 1 nitrogen and oxygen atoms in total.